The van der Waals surface area contributed by atoms with Crippen LogP contribution in [0.25, 0.3) is 0 Å². The fourth-order valence-corrected chi connectivity index (χ4v) is 3.75. The van der Waals surface area contributed by atoms with E-state index in [1.807, 2.05) is 30.6 Å². The van der Waals surface area contributed by atoms with Crippen LogP contribution in [-0.4, -0.2) is 27.3 Å². The van der Waals surface area contributed by atoms with Gasteiger partial charge in [-0.3, -0.25) is 15.7 Å². The van der Waals surface area contributed by atoms with Gasteiger partial charge < -0.3 is 4.74 Å². The molecule has 0 radical (unpaired) electrons. The molecule has 0 saturated heterocycles. The molecule has 1 aromatic heterocycles. The molecule has 2 aromatic carbocycles. The Labute approximate surface area is 200 Å². The number of aromatic nitrogens is 2. The molecule has 0 bridgehead atoms. The minimum absolute atomic E-state index is 0.0156. The van der Waals surface area contributed by atoms with Crippen LogP contribution in [0, 0.1) is 19.7 Å². The predicted octanol–water partition coefficient (Wildman–Crippen LogP) is 6.43. The number of nitrogens with zero attached hydrogens (tertiary/aromatic N) is 3. The van der Waals surface area contributed by atoms with Gasteiger partial charge in [-0.2, -0.15) is 5.10 Å². The lowest BCUT2D eigenvalue weighted by atomic mass is 10.0. The molecular weight excluding hydrogens is 478 g/mol. The molecule has 0 spiro atoms. The van der Waals surface area contributed by atoms with E-state index < -0.39 is 17.2 Å². The highest BCUT2D eigenvalue weighted by atomic mass is 35.5. The van der Waals surface area contributed by atoms with Crippen molar-refractivity contribution in [3.8, 4) is 11.6 Å². The minimum Gasteiger partial charge on any atom is -0.434 e. The monoisotopic (exact) mass is 496 g/mol. The highest BCUT2D eigenvalue weighted by Crippen LogP contribution is 2.33. The molecule has 2 unspecified atom stereocenters. The van der Waals surface area contributed by atoms with Crippen LogP contribution in [0.1, 0.15) is 34.7 Å². The summed E-state index contributed by atoms with van der Waals surface area (Å²) in [7, 11) is 0. The number of benzene rings is 2. The minimum atomic E-state index is -0.749. The zero-order chi connectivity index (χ0) is 23.4. The normalized spacial score (nSPS) is 13.6. The van der Waals surface area contributed by atoms with Gasteiger partial charge in [-0.15, -0.1) is 16.7 Å². The fourth-order valence-electron chi connectivity index (χ4n) is 2.93. The van der Waals surface area contributed by atoms with E-state index in [9.17, 15) is 9.60 Å². The van der Waals surface area contributed by atoms with Crippen molar-refractivity contribution in [1.29, 1.82) is 0 Å². The predicted molar refractivity (Wildman–Crippen MR) is 124 cm³/mol. The first-order valence-electron chi connectivity index (χ1n) is 9.55. The van der Waals surface area contributed by atoms with Gasteiger partial charge in [-0.1, -0.05) is 41.4 Å². The zero-order valence-corrected chi connectivity index (χ0v) is 19.7. The van der Waals surface area contributed by atoms with Crippen molar-refractivity contribution in [2.45, 2.75) is 32.2 Å². The van der Waals surface area contributed by atoms with Gasteiger partial charge >= 0.3 is 0 Å². The van der Waals surface area contributed by atoms with E-state index in [-0.39, 0.29) is 28.1 Å². The lowest BCUT2D eigenvalue weighted by molar-refractivity contribution is 0.233. The Balaban J connectivity index is 1.97. The summed E-state index contributed by atoms with van der Waals surface area (Å²) in [6.45, 7) is 5.40. The van der Waals surface area contributed by atoms with E-state index in [4.69, 9.17) is 39.5 Å². The molecule has 0 aliphatic carbocycles. The number of nitrogens with one attached hydrogen (secondary N) is 1. The quantitative estimate of drug-likeness (QED) is 0.178. The summed E-state index contributed by atoms with van der Waals surface area (Å²) in [6, 6.07) is 10.9. The molecule has 10 heteroatoms. The number of aliphatic imine (C=N–C) groups is 1. The van der Waals surface area contributed by atoms with Crippen molar-refractivity contribution in [2.75, 3.05) is 0 Å². The zero-order valence-electron chi connectivity index (χ0n) is 17.4. The first kappa shape index (κ1) is 24.2. The standard InChI is InChI=1S/C22H20Cl3FN4O2/c1-11-7-8-14(17(24)9-11)19(25)13(3)27-21(30-31)15-10-12(2)28-29-22(15)32-18-6-4-5-16(23)20(18)26/h4-10,13,19,31H,1-3H3,(H,27,30). The van der Waals surface area contributed by atoms with E-state index in [0.29, 0.717) is 16.3 Å². The first-order valence-corrected chi connectivity index (χ1v) is 10.7. The summed E-state index contributed by atoms with van der Waals surface area (Å²) < 4.78 is 19.9. The second-order valence-corrected chi connectivity index (χ2v) is 8.40. The van der Waals surface area contributed by atoms with Crippen molar-refractivity contribution in [3.63, 3.8) is 0 Å². The van der Waals surface area contributed by atoms with Gasteiger partial charge in [0.15, 0.2) is 17.4 Å². The van der Waals surface area contributed by atoms with Gasteiger partial charge in [0.1, 0.15) is 0 Å². The number of aryl methyl sites for hydroxylation is 2. The van der Waals surface area contributed by atoms with Crippen molar-refractivity contribution in [1.82, 2.24) is 15.7 Å². The van der Waals surface area contributed by atoms with Gasteiger partial charge in [0.05, 0.1) is 27.7 Å². The lowest BCUT2D eigenvalue weighted by Gasteiger charge is -2.18. The van der Waals surface area contributed by atoms with Crippen LogP contribution < -0.4 is 10.2 Å². The Morgan fingerprint density at radius 2 is 1.88 bits per heavy atom. The average molecular weight is 498 g/mol. The molecule has 2 atom stereocenters. The molecule has 0 fully saturated rings. The first-order chi connectivity index (χ1) is 15.2. The summed E-state index contributed by atoms with van der Waals surface area (Å²) in [4.78, 5) is 4.49. The molecule has 32 heavy (non-hydrogen) atoms. The summed E-state index contributed by atoms with van der Waals surface area (Å²) in [5.41, 5.74) is 4.54. The average Bonchev–Trinajstić information content (AvgIpc) is 2.76. The van der Waals surface area contributed by atoms with Crippen LogP contribution >= 0.6 is 34.8 Å². The van der Waals surface area contributed by atoms with E-state index in [1.165, 1.54) is 18.2 Å². The Morgan fingerprint density at radius 1 is 1.12 bits per heavy atom. The molecule has 3 rings (SSSR count). The maximum atomic E-state index is 14.3. The number of ether oxygens (including phenoxy) is 1. The second-order valence-electron chi connectivity index (χ2n) is 7.12. The van der Waals surface area contributed by atoms with Crippen molar-refractivity contribution in [3.05, 3.63) is 80.7 Å². The third-order valence-electron chi connectivity index (χ3n) is 4.58. The fraction of sp³-hybridized carbons (Fsp3) is 0.227. The van der Waals surface area contributed by atoms with Crippen LogP contribution in [0.3, 0.4) is 0 Å². The van der Waals surface area contributed by atoms with Gasteiger partial charge in [-0.05, 0) is 56.2 Å². The molecule has 2 N–H and O–H groups in total. The van der Waals surface area contributed by atoms with Crippen LogP contribution in [0.2, 0.25) is 10.0 Å². The van der Waals surface area contributed by atoms with E-state index in [2.05, 4.69) is 15.2 Å². The summed E-state index contributed by atoms with van der Waals surface area (Å²) >= 11 is 18.8. The van der Waals surface area contributed by atoms with Crippen LogP contribution in [0.15, 0.2) is 47.5 Å². The van der Waals surface area contributed by atoms with Gasteiger partial charge in [-0.25, -0.2) is 4.39 Å². The molecule has 0 amide bonds. The number of halogens is 4. The Kier molecular flexibility index (Phi) is 7.90. The highest BCUT2D eigenvalue weighted by Gasteiger charge is 2.22. The van der Waals surface area contributed by atoms with Gasteiger partial charge in [0.25, 0.3) is 0 Å². The molecule has 6 nitrogen and oxygen atoms in total. The lowest BCUT2D eigenvalue weighted by Crippen LogP contribution is -2.25. The van der Waals surface area contributed by atoms with E-state index >= 15 is 0 Å². The molecular formula is C22H20Cl3FN4O2. The smallest absolute Gasteiger partial charge is 0.250 e. The Hall–Kier alpha value is -2.45. The molecule has 168 valence electrons. The molecule has 0 saturated carbocycles. The van der Waals surface area contributed by atoms with Crippen molar-refractivity contribution < 1.29 is 14.3 Å². The van der Waals surface area contributed by atoms with Crippen LogP contribution in [0.5, 0.6) is 11.6 Å². The van der Waals surface area contributed by atoms with Crippen LogP contribution in [0.4, 0.5) is 4.39 Å². The third kappa shape index (κ3) is 5.48. The maximum Gasteiger partial charge on any atom is 0.250 e. The maximum absolute atomic E-state index is 14.3. The van der Waals surface area contributed by atoms with Crippen molar-refractivity contribution >= 4 is 40.6 Å². The summed E-state index contributed by atoms with van der Waals surface area (Å²) in [5.74, 6) is -0.962. The number of hydrogen-bond donors (Lipinski definition) is 2. The number of alkyl halides is 1. The van der Waals surface area contributed by atoms with Gasteiger partial charge in [0, 0.05) is 5.02 Å². The molecule has 0 aliphatic rings. The summed E-state index contributed by atoms with van der Waals surface area (Å²) in [5, 5.41) is 17.6. The SMILES string of the molecule is Cc1ccc(C(Cl)C(C)N=C(NO)c2cc(C)nnc2Oc2cccc(Cl)c2F)c(Cl)c1. The number of rotatable bonds is 6. The molecule has 1 heterocycles. The van der Waals surface area contributed by atoms with Gasteiger partial charge in [0.2, 0.25) is 5.88 Å². The van der Waals surface area contributed by atoms with E-state index in [0.717, 1.165) is 5.56 Å². The number of amidine groups is 1. The molecule has 0 aliphatic heterocycles. The van der Waals surface area contributed by atoms with Crippen molar-refractivity contribution in [2.24, 2.45) is 4.99 Å². The Bertz CT molecular complexity index is 1160. The molecule has 3 aromatic rings. The number of hydroxylamine groups is 1. The number of hydrogen-bond acceptors (Lipinski definition) is 5. The van der Waals surface area contributed by atoms with Crippen LogP contribution in [-0.2, 0) is 0 Å². The topological polar surface area (TPSA) is 79.6 Å². The largest absolute Gasteiger partial charge is 0.434 e. The third-order valence-corrected chi connectivity index (χ3v) is 5.79. The van der Waals surface area contributed by atoms with E-state index in [1.54, 1.807) is 19.9 Å². The second kappa shape index (κ2) is 10.4. The Morgan fingerprint density at radius 3 is 2.56 bits per heavy atom. The highest BCUT2D eigenvalue weighted by molar-refractivity contribution is 6.33. The summed E-state index contributed by atoms with van der Waals surface area (Å²) in [6.07, 6.45) is 0.